The van der Waals surface area contributed by atoms with Crippen LogP contribution in [0.2, 0.25) is 0 Å². The summed E-state index contributed by atoms with van der Waals surface area (Å²) in [7, 11) is 0. The van der Waals surface area contributed by atoms with Crippen molar-refractivity contribution in [2.75, 3.05) is 0 Å². The second-order valence-electron chi connectivity index (χ2n) is 3.42. The molecule has 1 aromatic carbocycles. The number of nitrogens with zero attached hydrogens (tertiary/aromatic N) is 2. The molecule has 1 aromatic heterocycles. The van der Waals surface area contributed by atoms with Gasteiger partial charge in [0, 0.05) is 11.5 Å². The molecule has 0 aliphatic rings. The van der Waals surface area contributed by atoms with Gasteiger partial charge in [0.05, 0.1) is 24.4 Å². The number of phenolic OH excluding ortho intramolecular Hbond substituents is 1. The lowest BCUT2D eigenvalue weighted by Crippen LogP contribution is -2.12. The van der Waals surface area contributed by atoms with E-state index in [0.717, 1.165) is 10.9 Å². The van der Waals surface area contributed by atoms with Gasteiger partial charge in [0.1, 0.15) is 5.75 Å². The van der Waals surface area contributed by atoms with Crippen LogP contribution in [-0.2, 0) is 6.54 Å². The highest BCUT2D eigenvalue weighted by atomic mass is 16.3. The average Bonchev–Trinajstić information content (AvgIpc) is 2.47. The molecule has 0 radical (unpaired) electrons. The number of aliphatic hydroxyl groups excluding tert-OH is 1. The molecule has 0 aliphatic heterocycles. The lowest BCUT2D eigenvalue weighted by molar-refractivity contribution is 0.170. The van der Waals surface area contributed by atoms with Crippen molar-refractivity contribution in [2.24, 2.45) is 0 Å². The zero-order chi connectivity index (χ0) is 10.1. The Morgan fingerprint density at radius 3 is 3.00 bits per heavy atom. The van der Waals surface area contributed by atoms with Crippen LogP contribution < -0.4 is 0 Å². The second-order valence-corrected chi connectivity index (χ2v) is 3.42. The molecule has 2 aromatic rings. The summed E-state index contributed by atoms with van der Waals surface area (Å²) in [6.07, 6.45) is 1.28. The van der Waals surface area contributed by atoms with Crippen LogP contribution in [0, 0.1) is 0 Å². The van der Waals surface area contributed by atoms with E-state index < -0.39 is 6.10 Å². The maximum absolute atomic E-state index is 9.30. The molecule has 2 N–H and O–H groups in total. The second kappa shape index (κ2) is 3.31. The van der Waals surface area contributed by atoms with Gasteiger partial charge >= 0.3 is 0 Å². The molecule has 0 amide bonds. The Kier molecular flexibility index (Phi) is 2.13. The zero-order valence-corrected chi connectivity index (χ0v) is 7.88. The number of hydrogen-bond donors (Lipinski definition) is 2. The topological polar surface area (TPSA) is 58.3 Å². The molecule has 1 unspecified atom stereocenters. The number of aromatic nitrogens is 2. The Hall–Kier alpha value is -1.55. The monoisotopic (exact) mass is 192 g/mol. The van der Waals surface area contributed by atoms with E-state index >= 15 is 0 Å². The van der Waals surface area contributed by atoms with E-state index in [1.54, 1.807) is 36.0 Å². The molecule has 0 spiro atoms. The predicted molar refractivity (Wildman–Crippen MR) is 53.1 cm³/mol. The molecule has 74 valence electrons. The minimum Gasteiger partial charge on any atom is -0.508 e. The van der Waals surface area contributed by atoms with Gasteiger partial charge in [-0.15, -0.1) is 0 Å². The molecule has 0 saturated carbocycles. The van der Waals surface area contributed by atoms with E-state index in [9.17, 15) is 10.2 Å². The summed E-state index contributed by atoms with van der Waals surface area (Å²) in [5.74, 6) is 0.213. The predicted octanol–water partition coefficient (Wildman–Crippen LogP) is 1.12. The van der Waals surface area contributed by atoms with Gasteiger partial charge in [-0.05, 0) is 19.1 Å². The SMILES string of the molecule is CC(O)Cn1ncc2ccc(O)cc21. The quantitative estimate of drug-likeness (QED) is 0.749. The van der Waals surface area contributed by atoms with Crippen molar-refractivity contribution >= 4 is 10.9 Å². The van der Waals surface area contributed by atoms with Gasteiger partial charge in [-0.3, -0.25) is 4.68 Å². The first-order chi connectivity index (χ1) is 6.66. The molecule has 2 rings (SSSR count). The number of rotatable bonds is 2. The van der Waals surface area contributed by atoms with Crippen molar-refractivity contribution in [2.45, 2.75) is 19.6 Å². The third-order valence-electron chi connectivity index (χ3n) is 2.07. The van der Waals surface area contributed by atoms with Crippen LogP contribution >= 0.6 is 0 Å². The van der Waals surface area contributed by atoms with E-state index in [4.69, 9.17) is 0 Å². The van der Waals surface area contributed by atoms with Crippen LogP contribution in [0.3, 0.4) is 0 Å². The molecular weight excluding hydrogens is 180 g/mol. The summed E-state index contributed by atoms with van der Waals surface area (Å²) >= 11 is 0. The Morgan fingerprint density at radius 1 is 1.50 bits per heavy atom. The largest absolute Gasteiger partial charge is 0.508 e. The fourth-order valence-electron chi connectivity index (χ4n) is 1.45. The van der Waals surface area contributed by atoms with Gasteiger partial charge in [-0.1, -0.05) is 0 Å². The third-order valence-corrected chi connectivity index (χ3v) is 2.07. The summed E-state index contributed by atoms with van der Waals surface area (Å²) in [5, 5.41) is 23.6. The summed E-state index contributed by atoms with van der Waals surface area (Å²) in [6.45, 7) is 2.14. The van der Waals surface area contributed by atoms with Crippen LogP contribution in [-0.4, -0.2) is 26.1 Å². The summed E-state index contributed by atoms with van der Waals surface area (Å²) in [5.41, 5.74) is 0.839. The van der Waals surface area contributed by atoms with Gasteiger partial charge in [-0.25, -0.2) is 0 Å². The van der Waals surface area contributed by atoms with Crippen molar-refractivity contribution in [3.63, 3.8) is 0 Å². The summed E-state index contributed by atoms with van der Waals surface area (Å²) < 4.78 is 1.68. The Balaban J connectivity index is 2.50. The van der Waals surface area contributed by atoms with E-state index in [2.05, 4.69) is 5.10 Å². The van der Waals surface area contributed by atoms with Crippen molar-refractivity contribution in [3.8, 4) is 5.75 Å². The Bertz CT molecular complexity index is 448. The lowest BCUT2D eigenvalue weighted by atomic mass is 10.2. The van der Waals surface area contributed by atoms with Gasteiger partial charge in [0.2, 0.25) is 0 Å². The van der Waals surface area contributed by atoms with Crippen LogP contribution in [0.4, 0.5) is 0 Å². The van der Waals surface area contributed by atoms with Crippen molar-refractivity contribution < 1.29 is 10.2 Å². The molecule has 4 heteroatoms. The first kappa shape index (κ1) is 9.02. The third kappa shape index (κ3) is 1.56. The Morgan fingerprint density at radius 2 is 2.29 bits per heavy atom. The molecular formula is C10H12N2O2. The highest BCUT2D eigenvalue weighted by molar-refractivity contribution is 5.79. The molecule has 1 heterocycles. The molecule has 0 aliphatic carbocycles. The van der Waals surface area contributed by atoms with E-state index in [-0.39, 0.29) is 5.75 Å². The molecule has 14 heavy (non-hydrogen) atoms. The van der Waals surface area contributed by atoms with Crippen molar-refractivity contribution in [1.82, 2.24) is 9.78 Å². The van der Waals surface area contributed by atoms with E-state index in [1.807, 2.05) is 0 Å². The number of phenols is 1. The maximum Gasteiger partial charge on any atom is 0.117 e. The minimum absolute atomic E-state index is 0.213. The standard InChI is InChI=1S/C10H12N2O2/c1-7(13)6-12-10-4-9(14)3-2-8(10)5-11-12/h2-5,7,13-14H,6H2,1H3. The van der Waals surface area contributed by atoms with Gasteiger partial charge in [0.15, 0.2) is 0 Å². The maximum atomic E-state index is 9.30. The van der Waals surface area contributed by atoms with Crippen LogP contribution in [0.15, 0.2) is 24.4 Å². The van der Waals surface area contributed by atoms with E-state index in [1.165, 1.54) is 0 Å². The number of benzene rings is 1. The smallest absolute Gasteiger partial charge is 0.117 e. The minimum atomic E-state index is -0.444. The summed E-state index contributed by atoms with van der Waals surface area (Å²) in [4.78, 5) is 0. The molecule has 1 atom stereocenters. The zero-order valence-electron chi connectivity index (χ0n) is 7.88. The number of aromatic hydroxyl groups is 1. The fourth-order valence-corrected chi connectivity index (χ4v) is 1.45. The van der Waals surface area contributed by atoms with Gasteiger partial charge < -0.3 is 10.2 Å². The number of aliphatic hydroxyl groups is 1. The van der Waals surface area contributed by atoms with Gasteiger partial charge in [-0.2, -0.15) is 5.10 Å². The molecule has 0 bridgehead atoms. The van der Waals surface area contributed by atoms with Crippen LogP contribution in [0.5, 0.6) is 5.75 Å². The van der Waals surface area contributed by atoms with Crippen molar-refractivity contribution in [3.05, 3.63) is 24.4 Å². The first-order valence-electron chi connectivity index (χ1n) is 4.49. The number of fused-ring (bicyclic) bond motifs is 1. The molecule has 0 saturated heterocycles. The average molecular weight is 192 g/mol. The van der Waals surface area contributed by atoms with Crippen molar-refractivity contribution in [1.29, 1.82) is 0 Å². The van der Waals surface area contributed by atoms with Crippen LogP contribution in [0.1, 0.15) is 6.92 Å². The lowest BCUT2D eigenvalue weighted by Gasteiger charge is -2.05. The van der Waals surface area contributed by atoms with Crippen LogP contribution in [0.25, 0.3) is 10.9 Å². The normalized spacial score (nSPS) is 13.3. The Labute approximate surface area is 81.4 Å². The highest BCUT2D eigenvalue weighted by Crippen LogP contribution is 2.19. The van der Waals surface area contributed by atoms with Gasteiger partial charge in [0.25, 0.3) is 0 Å². The fraction of sp³-hybridized carbons (Fsp3) is 0.300. The number of hydrogen-bond acceptors (Lipinski definition) is 3. The highest BCUT2D eigenvalue weighted by Gasteiger charge is 2.05. The first-order valence-corrected chi connectivity index (χ1v) is 4.49. The molecule has 4 nitrogen and oxygen atoms in total. The molecule has 0 fully saturated rings. The summed E-state index contributed by atoms with van der Waals surface area (Å²) in [6, 6.07) is 5.07. The van der Waals surface area contributed by atoms with E-state index in [0.29, 0.717) is 6.54 Å².